The van der Waals surface area contributed by atoms with Crippen LogP contribution >= 0.6 is 28.6 Å². The quantitative estimate of drug-likeness (QED) is 0.319. The van der Waals surface area contributed by atoms with Crippen molar-refractivity contribution in [2.75, 3.05) is 0 Å². The van der Waals surface area contributed by atoms with E-state index in [0.717, 1.165) is 6.42 Å². The van der Waals surface area contributed by atoms with E-state index in [0.29, 0.717) is 6.42 Å². The molecular weight excluding hydrogens is 341 g/mol. The van der Waals surface area contributed by atoms with Crippen molar-refractivity contribution in [1.82, 2.24) is 5.32 Å². The van der Waals surface area contributed by atoms with Crippen LogP contribution in [0, 0.1) is 6.42 Å². The van der Waals surface area contributed by atoms with E-state index in [-0.39, 0.29) is 49.2 Å². The molecule has 2 nitrogen and oxygen atoms in total. The first-order valence-corrected chi connectivity index (χ1v) is 9.61. The van der Waals surface area contributed by atoms with Gasteiger partial charge in [0.05, 0.1) is 0 Å². The Kier molecular flexibility index (Phi) is 16.9. The second-order valence-corrected chi connectivity index (χ2v) is 10.1. The van der Waals surface area contributed by atoms with Crippen LogP contribution in [0.1, 0.15) is 26.7 Å². The maximum Gasteiger partial charge on any atom is 1.00 e. The molecule has 0 aromatic heterocycles. The number of amides is 1. The van der Waals surface area contributed by atoms with E-state index in [1.54, 1.807) is 0 Å². The summed E-state index contributed by atoms with van der Waals surface area (Å²) < 4.78 is 0. The summed E-state index contributed by atoms with van der Waals surface area (Å²) in [5.41, 5.74) is 0.0891. The predicted molar refractivity (Wildman–Crippen MR) is 53.3 cm³/mol. The SMILES string of the molecule is C[CH-]CC1(C)CC(=O)N1.[Cl][Pd-]([Cl])[Cl].[Li+].[Li+]. The molecule has 1 fully saturated rings. The van der Waals surface area contributed by atoms with Gasteiger partial charge >= 0.3 is 80.0 Å². The topological polar surface area (TPSA) is 29.1 Å². The van der Waals surface area contributed by atoms with E-state index in [1.807, 2.05) is 6.92 Å². The summed E-state index contributed by atoms with van der Waals surface area (Å²) in [4.78, 5) is 10.5. The maximum atomic E-state index is 10.5. The van der Waals surface area contributed by atoms with Crippen molar-refractivity contribution in [3.05, 3.63) is 6.42 Å². The molecule has 1 amide bonds. The molecule has 1 unspecified atom stereocenters. The molecule has 1 saturated heterocycles. The molecule has 0 radical (unpaired) electrons. The fourth-order valence-electron chi connectivity index (χ4n) is 1.25. The third-order valence-corrected chi connectivity index (χ3v) is 1.65. The molecule has 84 valence electrons. The summed E-state index contributed by atoms with van der Waals surface area (Å²) in [6.07, 6.45) is 3.76. The molecule has 0 spiro atoms. The third-order valence-electron chi connectivity index (χ3n) is 1.65. The minimum atomic E-state index is -1.57. The van der Waals surface area contributed by atoms with Gasteiger partial charge in [0.15, 0.2) is 0 Å². The molecule has 0 saturated carbocycles. The van der Waals surface area contributed by atoms with Crippen molar-refractivity contribution in [3.8, 4) is 0 Å². The fraction of sp³-hybridized carbons (Fsp3) is 0.714. The molecular formula is C7H12Cl3Li2NOPd. The number of β-lactam (4-membered cyclic amide) rings is 1. The van der Waals surface area contributed by atoms with Crippen LogP contribution in [0.15, 0.2) is 0 Å². The first-order valence-electron chi connectivity index (χ1n) is 3.61. The minimum Gasteiger partial charge on any atom is 1.00 e. The minimum absolute atomic E-state index is 0. The Morgan fingerprint density at radius 2 is 1.80 bits per heavy atom. The third kappa shape index (κ3) is 12.4. The number of rotatable bonds is 2. The van der Waals surface area contributed by atoms with Gasteiger partial charge < -0.3 is 11.7 Å². The molecule has 0 bridgehead atoms. The van der Waals surface area contributed by atoms with Gasteiger partial charge in [0.1, 0.15) is 0 Å². The Labute approximate surface area is 133 Å². The van der Waals surface area contributed by atoms with Gasteiger partial charge in [-0.1, -0.05) is 0 Å². The van der Waals surface area contributed by atoms with Gasteiger partial charge in [0.25, 0.3) is 0 Å². The molecule has 1 rings (SSSR count). The van der Waals surface area contributed by atoms with Crippen LogP contribution in [-0.2, 0) is 18.5 Å². The van der Waals surface area contributed by atoms with E-state index in [9.17, 15) is 4.79 Å². The monoisotopic (exact) mass is 351 g/mol. The summed E-state index contributed by atoms with van der Waals surface area (Å²) in [5.74, 6) is 0.180. The van der Waals surface area contributed by atoms with Crippen molar-refractivity contribution in [1.29, 1.82) is 0 Å². The van der Waals surface area contributed by atoms with E-state index in [2.05, 4.69) is 18.7 Å². The molecule has 1 aliphatic rings. The summed E-state index contributed by atoms with van der Waals surface area (Å²) >= 11 is -1.57. The molecule has 0 aromatic carbocycles. The summed E-state index contributed by atoms with van der Waals surface area (Å²) in [6.45, 7) is 4.07. The van der Waals surface area contributed by atoms with Crippen LogP contribution in [0.2, 0.25) is 0 Å². The predicted octanol–water partition coefficient (Wildman–Crippen LogP) is -3.05. The summed E-state index contributed by atoms with van der Waals surface area (Å²) in [5, 5.41) is 2.85. The number of hydrogen-bond donors (Lipinski definition) is 1. The Morgan fingerprint density at radius 1 is 1.47 bits per heavy atom. The second-order valence-electron chi connectivity index (χ2n) is 3.03. The zero-order chi connectivity index (χ0) is 10.5. The van der Waals surface area contributed by atoms with Crippen LogP contribution in [0.5, 0.6) is 0 Å². The number of carbonyl (C=O) groups is 1. The Balaban J connectivity index is -0.000000213. The molecule has 0 aromatic rings. The number of nitrogens with one attached hydrogen (secondary N) is 1. The van der Waals surface area contributed by atoms with E-state index < -0.39 is 13.7 Å². The summed E-state index contributed by atoms with van der Waals surface area (Å²) in [6, 6.07) is 0. The largest absolute Gasteiger partial charge is 1.00 e. The van der Waals surface area contributed by atoms with Crippen LogP contribution in [0.25, 0.3) is 0 Å². The molecule has 15 heavy (non-hydrogen) atoms. The average molecular weight is 353 g/mol. The molecule has 1 atom stereocenters. The van der Waals surface area contributed by atoms with E-state index in [4.69, 9.17) is 28.6 Å². The van der Waals surface area contributed by atoms with Crippen LogP contribution in [-0.4, -0.2) is 11.4 Å². The number of carbonyl (C=O) groups excluding carboxylic acids is 1. The van der Waals surface area contributed by atoms with Gasteiger partial charge in [0.2, 0.25) is 5.91 Å². The molecule has 8 heteroatoms. The number of halogens is 3. The van der Waals surface area contributed by atoms with Gasteiger partial charge in [0, 0.05) is 12.0 Å². The van der Waals surface area contributed by atoms with E-state index >= 15 is 0 Å². The molecule has 1 aliphatic heterocycles. The summed E-state index contributed by atoms with van der Waals surface area (Å²) in [7, 11) is 14.8. The smallest absolute Gasteiger partial charge is 1.00 e. The van der Waals surface area contributed by atoms with Gasteiger partial charge in [-0.3, -0.25) is 4.79 Å². The number of hydrogen-bond acceptors (Lipinski definition) is 1. The Hall–Kier alpha value is 2.20. The molecule has 1 N–H and O–H groups in total. The first kappa shape index (κ1) is 22.4. The fourth-order valence-corrected chi connectivity index (χ4v) is 1.25. The Morgan fingerprint density at radius 3 is 2.00 bits per heavy atom. The van der Waals surface area contributed by atoms with Crippen molar-refractivity contribution in [3.63, 3.8) is 0 Å². The van der Waals surface area contributed by atoms with Gasteiger partial charge in [-0.05, 0) is 6.92 Å². The standard InChI is InChI=1S/C7H12NO.3ClH.2Li.Pd/c1-3-4-7(2)5-6(9)8-7;;;;;;/h3H,4-5H2,1-2H3,(H,8,9);3*1H;;;/q-1;;;;2*+1;+2/p-3. The molecule has 1 heterocycles. The van der Waals surface area contributed by atoms with Crippen molar-refractivity contribution >= 4 is 34.5 Å². The zero-order valence-electron chi connectivity index (χ0n) is 9.35. The first-order chi connectivity index (χ1) is 5.89. The average Bonchev–Trinajstić information content (AvgIpc) is 1.82. The van der Waals surface area contributed by atoms with E-state index in [1.165, 1.54) is 0 Å². The Bertz CT molecular complexity index is 175. The van der Waals surface area contributed by atoms with Crippen molar-refractivity contribution < 1.29 is 56.2 Å². The van der Waals surface area contributed by atoms with Gasteiger partial charge in [-0.25, -0.2) is 0 Å². The normalized spacial score (nSPS) is 23.0. The maximum absolute atomic E-state index is 10.5. The van der Waals surface area contributed by atoms with Crippen LogP contribution in [0.3, 0.4) is 0 Å². The van der Waals surface area contributed by atoms with Gasteiger partial charge in [-0.15, -0.1) is 0 Å². The van der Waals surface area contributed by atoms with Crippen molar-refractivity contribution in [2.24, 2.45) is 0 Å². The van der Waals surface area contributed by atoms with Crippen LogP contribution < -0.4 is 43.0 Å². The zero-order valence-corrected chi connectivity index (χ0v) is 13.2. The van der Waals surface area contributed by atoms with Crippen molar-refractivity contribution in [2.45, 2.75) is 32.2 Å². The second kappa shape index (κ2) is 11.3. The van der Waals surface area contributed by atoms with Crippen LogP contribution in [0.4, 0.5) is 0 Å². The molecule has 0 aliphatic carbocycles. The van der Waals surface area contributed by atoms with Gasteiger partial charge in [-0.2, -0.15) is 13.3 Å².